The first-order chi connectivity index (χ1) is 12.3. The van der Waals surface area contributed by atoms with Crippen molar-refractivity contribution in [3.8, 4) is 11.4 Å². The third kappa shape index (κ3) is 5.25. The minimum Gasteiger partial charge on any atom is -0.467 e. The Bertz CT molecular complexity index is 771. The van der Waals surface area contributed by atoms with Gasteiger partial charge in [-0.3, -0.25) is 4.79 Å². The van der Waals surface area contributed by atoms with Crippen LogP contribution in [0.15, 0.2) is 53.1 Å². The molecule has 0 saturated carbocycles. The van der Waals surface area contributed by atoms with Gasteiger partial charge in [-0.1, -0.05) is 30.3 Å². The molecule has 2 heterocycles. The molecule has 25 heavy (non-hydrogen) atoms. The number of furan rings is 1. The van der Waals surface area contributed by atoms with E-state index in [1.54, 1.807) is 6.26 Å². The number of benzene rings is 1. The van der Waals surface area contributed by atoms with Crippen molar-refractivity contribution in [2.45, 2.75) is 19.6 Å². The van der Waals surface area contributed by atoms with E-state index in [1.807, 2.05) is 42.5 Å². The largest absolute Gasteiger partial charge is 0.467 e. The van der Waals surface area contributed by atoms with Crippen LogP contribution in [0.25, 0.3) is 11.4 Å². The lowest BCUT2D eigenvalue weighted by atomic mass is 10.2. The van der Waals surface area contributed by atoms with Crippen molar-refractivity contribution in [3.05, 3.63) is 54.5 Å². The maximum absolute atomic E-state index is 11.9. The van der Waals surface area contributed by atoms with Crippen LogP contribution in [0, 0.1) is 0 Å². The van der Waals surface area contributed by atoms with E-state index >= 15 is 0 Å². The Morgan fingerprint density at radius 3 is 2.88 bits per heavy atom. The molecular weight excluding hydrogens is 322 g/mol. The molecule has 0 aliphatic rings. The van der Waals surface area contributed by atoms with Crippen molar-refractivity contribution in [1.29, 1.82) is 0 Å². The van der Waals surface area contributed by atoms with Gasteiger partial charge in [-0.15, -0.1) is 10.2 Å². The van der Waals surface area contributed by atoms with Crippen molar-refractivity contribution >= 4 is 5.91 Å². The molecule has 2 aromatic heterocycles. The zero-order valence-electron chi connectivity index (χ0n) is 13.7. The lowest BCUT2D eigenvalue weighted by Gasteiger charge is -2.05. The summed E-state index contributed by atoms with van der Waals surface area (Å²) in [5.41, 5.74) is 0.864. The topological polar surface area (TPSA) is 95.1 Å². The van der Waals surface area contributed by atoms with E-state index in [0.29, 0.717) is 32.0 Å². The number of carbonyl (C=O) groups is 1. The zero-order chi connectivity index (χ0) is 17.3. The number of hydrogen-bond donors (Lipinski definition) is 1. The highest BCUT2D eigenvalue weighted by atomic mass is 16.5. The molecule has 0 atom stereocenters. The average Bonchev–Trinajstić information content (AvgIpc) is 3.31. The van der Waals surface area contributed by atoms with E-state index in [-0.39, 0.29) is 12.5 Å². The Morgan fingerprint density at radius 2 is 2.08 bits per heavy atom. The van der Waals surface area contributed by atoms with Crippen molar-refractivity contribution in [1.82, 2.24) is 25.5 Å². The van der Waals surface area contributed by atoms with Crippen LogP contribution < -0.4 is 5.32 Å². The van der Waals surface area contributed by atoms with Gasteiger partial charge in [0.2, 0.25) is 11.7 Å². The quantitative estimate of drug-likeness (QED) is 0.595. The van der Waals surface area contributed by atoms with Crippen LogP contribution in [-0.4, -0.2) is 39.3 Å². The summed E-state index contributed by atoms with van der Waals surface area (Å²) in [5.74, 6) is 1.12. The molecule has 0 saturated heterocycles. The Hall–Kier alpha value is -3.00. The van der Waals surface area contributed by atoms with Gasteiger partial charge in [-0.25, -0.2) is 0 Å². The fraction of sp³-hybridized carbons (Fsp3) is 0.294. The summed E-state index contributed by atoms with van der Waals surface area (Å²) in [4.78, 5) is 13.2. The van der Waals surface area contributed by atoms with Crippen LogP contribution in [0.1, 0.15) is 12.2 Å². The minimum absolute atomic E-state index is 0.0348. The SMILES string of the molecule is O=C(Cn1nnc(-c2ccccc2)n1)NCCCOCc1ccco1. The smallest absolute Gasteiger partial charge is 0.243 e. The molecule has 130 valence electrons. The number of aromatic nitrogens is 4. The van der Waals surface area contributed by atoms with Crippen LogP contribution in [0.5, 0.6) is 0 Å². The number of hydrogen-bond acceptors (Lipinski definition) is 6. The van der Waals surface area contributed by atoms with Crippen LogP contribution in [0.4, 0.5) is 0 Å². The third-order valence-electron chi connectivity index (χ3n) is 3.38. The summed E-state index contributed by atoms with van der Waals surface area (Å²) in [6, 6.07) is 13.2. The number of nitrogens with one attached hydrogen (secondary N) is 1. The van der Waals surface area contributed by atoms with Gasteiger partial charge < -0.3 is 14.5 Å². The van der Waals surface area contributed by atoms with Gasteiger partial charge >= 0.3 is 0 Å². The van der Waals surface area contributed by atoms with Gasteiger partial charge in [-0.2, -0.15) is 4.80 Å². The van der Waals surface area contributed by atoms with Crippen LogP contribution >= 0.6 is 0 Å². The fourth-order valence-corrected chi connectivity index (χ4v) is 2.17. The number of rotatable bonds is 9. The number of tetrazole rings is 1. The van der Waals surface area contributed by atoms with Gasteiger partial charge in [0.1, 0.15) is 18.9 Å². The summed E-state index contributed by atoms with van der Waals surface area (Å²) >= 11 is 0. The average molecular weight is 341 g/mol. The first-order valence-electron chi connectivity index (χ1n) is 8.01. The summed E-state index contributed by atoms with van der Waals surface area (Å²) in [7, 11) is 0. The molecule has 1 aromatic carbocycles. The molecule has 0 fully saturated rings. The second-order valence-corrected chi connectivity index (χ2v) is 5.34. The monoisotopic (exact) mass is 341 g/mol. The molecule has 0 unspecified atom stereocenters. The molecule has 0 bridgehead atoms. The molecule has 1 N–H and O–H groups in total. The zero-order valence-corrected chi connectivity index (χ0v) is 13.7. The van der Waals surface area contributed by atoms with E-state index in [2.05, 4.69) is 20.7 Å². The summed E-state index contributed by atoms with van der Waals surface area (Å²) in [6.07, 6.45) is 2.33. The number of carbonyl (C=O) groups excluding carboxylic acids is 1. The van der Waals surface area contributed by atoms with E-state index in [0.717, 1.165) is 11.3 Å². The van der Waals surface area contributed by atoms with E-state index < -0.39 is 0 Å². The predicted molar refractivity (Wildman–Crippen MR) is 89.2 cm³/mol. The Morgan fingerprint density at radius 1 is 1.20 bits per heavy atom. The highest BCUT2D eigenvalue weighted by Gasteiger charge is 2.08. The van der Waals surface area contributed by atoms with Crippen molar-refractivity contribution in [2.24, 2.45) is 0 Å². The summed E-state index contributed by atoms with van der Waals surface area (Å²) in [6.45, 7) is 1.54. The molecule has 8 nitrogen and oxygen atoms in total. The van der Waals surface area contributed by atoms with Gasteiger partial charge in [0.25, 0.3) is 0 Å². The van der Waals surface area contributed by atoms with Crippen LogP contribution in [0.2, 0.25) is 0 Å². The Kier molecular flexibility index (Phi) is 5.89. The second kappa shape index (κ2) is 8.74. The normalized spacial score (nSPS) is 10.7. The van der Waals surface area contributed by atoms with Gasteiger partial charge in [0, 0.05) is 18.7 Å². The van der Waals surface area contributed by atoms with E-state index in [4.69, 9.17) is 9.15 Å². The standard InChI is InChI=1S/C17H19N5O3/c23-16(18-9-5-10-24-13-15-8-4-11-25-15)12-22-20-17(19-21-22)14-6-2-1-3-7-14/h1-4,6-8,11H,5,9-10,12-13H2,(H,18,23). The first kappa shape index (κ1) is 16.8. The molecule has 0 aliphatic heterocycles. The van der Waals surface area contributed by atoms with Gasteiger partial charge in [0.15, 0.2) is 0 Å². The maximum atomic E-state index is 11.9. The van der Waals surface area contributed by atoms with Gasteiger partial charge in [0.05, 0.1) is 6.26 Å². The predicted octanol–water partition coefficient (Wildman–Crippen LogP) is 1.66. The Balaban J connectivity index is 1.33. The number of ether oxygens (including phenoxy) is 1. The summed E-state index contributed by atoms with van der Waals surface area (Å²) < 4.78 is 10.6. The highest BCUT2D eigenvalue weighted by molar-refractivity contribution is 5.75. The lowest BCUT2D eigenvalue weighted by molar-refractivity contribution is -0.122. The van der Waals surface area contributed by atoms with Crippen molar-refractivity contribution in [3.63, 3.8) is 0 Å². The van der Waals surface area contributed by atoms with E-state index in [9.17, 15) is 4.79 Å². The molecule has 8 heteroatoms. The van der Waals surface area contributed by atoms with Gasteiger partial charge in [-0.05, 0) is 23.8 Å². The molecule has 0 spiro atoms. The lowest BCUT2D eigenvalue weighted by Crippen LogP contribution is -2.29. The highest BCUT2D eigenvalue weighted by Crippen LogP contribution is 2.11. The van der Waals surface area contributed by atoms with Crippen LogP contribution in [-0.2, 0) is 22.7 Å². The number of nitrogens with zero attached hydrogens (tertiary/aromatic N) is 4. The maximum Gasteiger partial charge on any atom is 0.243 e. The first-order valence-corrected chi connectivity index (χ1v) is 8.01. The molecule has 3 aromatic rings. The molecule has 0 aliphatic carbocycles. The Labute approximate surface area is 144 Å². The molecule has 3 rings (SSSR count). The number of amides is 1. The molecule has 1 amide bonds. The molecular formula is C17H19N5O3. The van der Waals surface area contributed by atoms with Crippen LogP contribution in [0.3, 0.4) is 0 Å². The second-order valence-electron chi connectivity index (χ2n) is 5.34. The van der Waals surface area contributed by atoms with Crippen molar-refractivity contribution in [2.75, 3.05) is 13.2 Å². The third-order valence-corrected chi connectivity index (χ3v) is 3.38. The fourth-order valence-electron chi connectivity index (χ4n) is 2.17. The minimum atomic E-state index is -0.164. The molecule has 0 radical (unpaired) electrons. The summed E-state index contributed by atoms with van der Waals surface area (Å²) in [5, 5.41) is 14.9. The van der Waals surface area contributed by atoms with E-state index in [1.165, 1.54) is 4.80 Å². The van der Waals surface area contributed by atoms with Crippen molar-refractivity contribution < 1.29 is 13.9 Å².